The highest BCUT2D eigenvalue weighted by atomic mass is 19.4. The quantitative estimate of drug-likeness (QED) is 0.760. The molecule has 1 aliphatic rings. The summed E-state index contributed by atoms with van der Waals surface area (Å²) in [4.78, 5) is 4.13. The Morgan fingerprint density at radius 3 is 2.61 bits per heavy atom. The first kappa shape index (κ1) is 16.2. The van der Waals surface area contributed by atoms with E-state index in [0.29, 0.717) is 5.65 Å². The Bertz CT molecular complexity index is 718. The molecule has 0 amide bonds. The second kappa shape index (κ2) is 5.45. The molecule has 5 unspecified atom stereocenters. The number of aliphatic hydroxyl groups is 3. The molecule has 2 aromatic rings. The number of pyridine rings is 1. The molecule has 1 saturated heterocycles. The van der Waals surface area contributed by atoms with Gasteiger partial charge in [-0.25, -0.2) is 4.98 Å². The predicted octanol–water partition coefficient (Wildman–Crippen LogP) is 0.887. The highest BCUT2D eigenvalue weighted by Gasteiger charge is 2.54. The zero-order valence-electron chi connectivity index (χ0n) is 12.0. The zero-order chi connectivity index (χ0) is 16.9. The van der Waals surface area contributed by atoms with E-state index in [0.717, 1.165) is 10.9 Å². The van der Waals surface area contributed by atoms with Crippen LogP contribution >= 0.6 is 0 Å². The van der Waals surface area contributed by atoms with Gasteiger partial charge in [-0.2, -0.15) is 13.2 Å². The molecule has 1 aliphatic heterocycles. The van der Waals surface area contributed by atoms with Crippen molar-refractivity contribution in [3.05, 3.63) is 30.1 Å². The Morgan fingerprint density at radius 2 is 1.96 bits per heavy atom. The molecule has 0 spiro atoms. The predicted molar refractivity (Wildman–Crippen MR) is 72.5 cm³/mol. The Hall–Kier alpha value is -1.68. The molecule has 0 saturated carbocycles. The Kier molecular flexibility index (Phi) is 3.83. The third-order valence-electron chi connectivity index (χ3n) is 4.03. The summed E-state index contributed by atoms with van der Waals surface area (Å²) in [5, 5.41) is 29.9. The summed E-state index contributed by atoms with van der Waals surface area (Å²) in [6.45, 7) is 1.84. The SMILES string of the molecule is Cc1ccnc2c1ccn2C1OC(C(O)C(F)(F)F)C(O)C1O. The van der Waals surface area contributed by atoms with Crippen LogP contribution in [0.15, 0.2) is 24.5 Å². The third kappa shape index (κ3) is 2.59. The van der Waals surface area contributed by atoms with Gasteiger partial charge in [-0.3, -0.25) is 0 Å². The van der Waals surface area contributed by atoms with Crippen LogP contribution in [0.4, 0.5) is 13.2 Å². The number of hydrogen-bond acceptors (Lipinski definition) is 5. The van der Waals surface area contributed by atoms with Crippen LogP contribution in [0.3, 0.4) is 0 Å². The summed E-state index contributed by atoms with van der Waals surface area (Å²) in [6, 6.07) is 3.46. The van der Waals surface area contributed by atoms with Crippen molar-refractivity contribution in [2.75, 3.05) is 0 Å². The average molecular weight is 332 g/mol. The van der Waals surface area contributed by atoms with Crippen molar-refractivity contribution in [2.45, 2.75) is 43.7 Å². The number of halogens is 3. The molecule has 0 aliphatic carbocycles. The van der Waals surface area contributed by atoms with Crippen LogP contribution in [0.5, 0.6) is 0 Å². The number of ether oxygens (including phenoxy) is 1. The van der Waals surface area contributed by atoms with Gasteiger partial charge in [-0.15, -0.1) is 0 Å². The molecule has 0 radical (unpaired) electrons. The lowest BCUT2D eigenvalue weighted by Crippen LogP contribution is -2.46. The minimum Gasteiger partial charge on any atom is -0.387 e. The molecule has 6 nitrogen and oxygen atoms in total. The van der Waals surface area contributed by atoms with E-state index in [1.54, 1.807) is 12.1 Å². The maximum absolute atomic E-state index is 12.6. The highest BCUT2D eigenvalue weighted by Crippen LogP contribution is 2.37. The van der Waals surface area contributed by atoms with E-state index in [-0.39, 0.29) is 0 Å². The molecular weight excluding hydrogens is 317 g/mol. The molecule has 1 fully saturated rings. The number of nitrogens with zero attached hydrogens (tertiary/aromatic N) is 2. The van der Waals surface area contributed by atoms with Gasteiger partial charge in [-0.1, -0.05) is 0 Å². The minimum absolute atomic E-state index is 0.406. The third-order valence-corrected chi connectivity index (χ3v) is 4.03. The lowest BCUT2D eigenvalue weighted by molar-refractivity contribution is -0.244. The molecule has 0 aromatic carbocycles. The van der Waals surface area contributed by atoms with Gasteiger partial charge < -0.3 is 24.6 Å². The largest absolute Gasteiger partial charge is 0.417 e. The fourth-order valence-electron chi connectivity index (χ4n) is 2.76. The monoisotopic (exact) mass is 332 g/mol. The normalized spacial score (nSPS) is 30.0. The number of fused-ring (bicyclic) bond motifs is 1. The van der Waals surface area contributed by atoms with Gasteiger partial charge >= 0.3 is 6.18 Å². The molecule has 0 bridgehead atoms. The molecule has 3 heterocycles. The summed E-state index contributed by atoms with van der Waals surface area (Å²) in [7, 11) is 0. The molecule has 9 heteroatoms. The van der Waals surface area contributed by atoms with Crippen LogP contribution in [0.25, 0.3) is 11.0 Å². The maximum Gasteiger partial charge on any atom is 0.417 e. The average Bonchev–Trinajstić information content (AvgIpc) is 3.02. The summed E-state index contributed by atoms with van der Waals surface area (Å²) < 4.78 is 44.4. The Morgan fingerprint density at radius 1 is 1.26 bits per heavy atom. The van der Waals surface area contributed by atoms with E-state index in [4.69, 9.17) is 4.74 Å². The molecule has 5 atom stereocenters. The maximum atomic E-state index is 12.6. The second-order valence-corrected chi connectivity index (χ2v) is 5.55. The van der Waals surface area contributed by atoms with Crippen LogP contribution < -0.4 is 0 Å². The van der Waals surface area contributed by atoms with Gasteiger partial charge in [0.15, 0.2) is 12.3 Å². The van der Waals surface area contributed by atoms with Crippen LogP contribution in [-0.4, -0.2) is 55.5 Å². The first-order valence-corrected chi connectivity index (χ1v) is 6.90. The van der Waals surface area contributed by atoms with Crippen molar-refractivity contribution in [1.82, 2.24) is 9.55 Å². The van der Waals surface area contributed by atoms with E-state index >= 15 is 0 Å². The van der Waals surface area contributed by atoms with Crippen molar-refractivity contribution in [3.63, 3.8) is 0 Å². The van der Waals surface area contributed by atoms with Crippen molar-refractivity contribution < 1.29 is 33.2 Å². The van der Waals surface area contributed by atoms with Gasteiger partial charge in [0, 0.05) is 17.8 Å². The van der Waals surface area contributed by atoms with Gasteiger partial charge in [-0.05, 0) is 24.6 Å². The van der Waals surface area contributed by atoms with E-state index in [2.05, 4.69) is 4.98 Å². The smallest absolute Gasteiger partial charge is 0.387 e. The summed E-state index contributed by atoms with van der Waals surface area (Å²) in [6.07, 6.45) is -11.6. The fourth-order valence-corrected chi connectivity index (χ4v) is 2.76. The Balaban J connectivity index is 1.96. The van der Waals surface area contributed by atoms with Gasteiger partial charge in [0.1, 0.15) is 24.0 Å². The number of alkyl halides is 3. The molecule has 3 rings (SSSR count). The Labute approximate surface area is 128 Å². The summed E-state index contributed by atoms with van der Waals surface area (Å²) in [5.41, 5.74) is 1.30. The first-order chi connectivity index (χ1) is 10.7. The van der Waals surface area contributed by atoms with E-state index in [1.807, 2.05) is 6.92 Å². The zero-order valence-corrected chi connectivity index (χ0v) is 12.0. The number of rotatable bonds is 2. The molecular formula is C14H15F3N2O4. The highest BCUT2D eigenvalue weighted by molar-refractivity contribution is 5.79. The molecule has 126 valence electrons. The summed E-state index contributed by atoms with van der Waals surface area (Å²) >= 11 is 0. The number of hydrogen-bond donors (Lipinski definition) is 3. The first-order valence-electron chi connectivity index (χ1n) is 6.90. The second-order valence-electron chi connectivity index (χ2n) is 5.55. The van der Waals surface area contributed by atoms with Crippen molar-refractivity contribution in [2.24, 2.45) is 0 Å². The van der Waals surface area contributed by atoms with Crippen LogP contribution in [0.1, 0.15) is 11.8 Å². The number of aliphatic hydroxyl groups excluding tert-OH is 3. The number of aryl methyl sites for hydroxylation is 1. The minimum atomic E-state index is -4.96. The standard InChI is InChI=1S/C14H15F3N2O4/c1-6-2-4-18-12-7(6)3-5-19(12)13-9(21)8(20)10(23-13)11(22)14(15,16)17/h2-5,8-11,13,20-22H,1H3. The van der Waals surface area contributed by atoms with E-state index in [9.17, 15) is 28.5 Å². The van der Waals surface area contributed by atoms with E-state index < -0.39 is 36.8 Å². The van der Waals surface area contributed by atoms with Crippen LogP contribution in [0.2, 0.25) is 0 Å². The van der Waals surface area contributed by atoms with Gasteiger partial charge in [0.25, 0.3) is 0 Å². The number of aromatic nitrogens is 2. The molecule has 3 N–H and O–H groups in total. The lowest BCUT2D eigenvalue weighted by Gasteiger charge is -2.23. The summed E-state index contributed by atoms with van der Waals surface area (Å²) in [5.74, 6) is 0. The van der Waals surface area contributed by atoms with E-state index in [1.165, 1.54) is 17.0 Å². The van der Waals surface area contributed by atoms with Crippen molar-refractivity contribution in [3.8, 4) is 0 Å². The van der Waals surface area contributed by atoms with Crippen molar-refractivity contribution >= 4 is 11.0 Å². The van der Waals surface area contributed by atoms with Gasteiger partial charge in [0.2, 0.25) is 0 Å². The van der Waals surface area contributed by atoms with Gasteiger partial charge in [0.05, 0.1) is 0 Å². The van der Waals surface area contributed by atoms with Crippen LogP contribution in [-0.2, 0) is 4.74 Å². The lowest BCUT2D eigenvalue weighted by atomic mass is 10.1. The molecule has 2 aromatic heterocycles. The topological polar surface area (TPSA) is 87.7 Å². The molecule has 23 heavy (non-hydrogen) atoms. The fraction of sp³-hybridized carbons (Fsp3) is 0.500. The van der Waals surface area contributed by atoms with Crippen LogP contribution in [0, 0.1) is 6.92 Å². The van der Waals surface area contributed by atoms with Crippen molar-refractivity contribution in [1.29, 1.82) is 0 Å².